The van der Waals surface area contributed by atoms with Crippen molar-refractivity contribution in [3.8, 4) is 0 Å². The first-order valence-corrected chi connectivity index (χ1v) is 4.30. The van der Waals surface area contributed by atoms with Gasteiger partial charge in [0.15, 0.2) is 5.65 Å². The van der Waals surface area contributed by atoms with Crippen molar-refractivity contribution < 1.29 is 9.53 Å². The Balaban J connectivity index is 2.46. The van der Waals surface area contributed by atoms with Crippen molar-refractivity contribution in [2.24, 2.45) is 0 Å². The zero-order chi connectivity index (χ0) is 10.1. The zero-order valence-corrected chi connectivity index (χ0v) is 7.94. The lowest BCUT2D eigenvalue weighted by atomic mass is 10.5. The summed E-state index contributed by atoms with van der Waals surface area (Å²) in [6.07, 6.45) is 0. The van der Waals surface area contributed by atoms with Gasteiger partial charge in [0.25, 0.3) is 5.82 Å². The molecule has 14 heavy (non-hydrogen) atoms. The number of aromatic nitrogens is 4. The van der Waals surface area contributed by atoms with E-state index >= 15 is 0 Å². The molecule has 0 fully saturated rings. The number of carbonyl (C=O) groups is 1. The number of hydrogen-bond acceptors (Lipinski definition) is 4. The number of aryl methyl sites for hydroxylation is 1. The van der Waals surface area contributed by atoms with Gasteiger partial charge in [0.2, 0.25) is 0 Å². The Morgan fingerprint density at radius 1 is 1.64 bits per heavy atom. The predicted molar refractivity (Wildman–Crippen MR) is 48.0 cm³/mol. The van der Waals surface area contributed by atoms with Gasteiger partial charge in [-0.1, -0.05) is 0 Å². The number of carbonyl (C=O) groups excluding carboxylic acids is 1. The Kier molecular flexibility index (Phi) is 1.95. The molecule has 2 heterocycles. The van der Waals surface area contributed by atoms with Crippen LogP contribution in [-0.2, 0) is 4.74 Å². The van der Waals surface area contributed by atoms with Crippen LogP contribution in [0.3, 0.4) is 0 Å². The van der Waals surface area contributed by atoms with Crippen LogP contribution >= 0.6 is 0 Å². The normalized spacial score (nSPS) is 10.7. The Labute approximate surface area is 79.9 Å². The molecule has 2 aromatic rings. The molecule has 0 saturated heterocycles. The van der Waals surface area contributed by atoms with Gasteiger partial charge < -0.3 is 4.74 Å². The molecule has 74 valence electrons. The zero-order valence-electron chi connectivity index (χ0n) is 7.94. The number of H-pyrrole nitrogens is 1. The van der Waals surface area contributed by atoms with E-state index in [1.165, 1.54) is 4.52 Å². The van der Waals surface area contributed by atoms with E-state index in [1.807, 2.05) is 6.92 Å². The number of aromatic amines is 1. The maximum atomic E-state index is 11.4. The predicted octanol–water partition coefficient (Wildman–Crippen LogP) is 0.543. The second-order valence-electron chi connectivity index (χ2n) is 2.88. The quantitative estimate of drug-likeness (QED) is 0.708. The van der Waals surface area contributed by atoms with Crippen LogP contribution in [0.5, 0.6) is 0 Å². The van der Waals surface area contributed by atoms with E-state index in [0.29, 0.717) is 12.3 Å². The van der Waals surface area contributed by atoms with Crippen LogP contribution in [0.25, 0.3) is 5.65 Å². The second-order valence-corrected chi connectivity index (χ2v) is 2.88. The van der Waals surface area contributed by atoms with Crippen LogP contribution in [-0.4, -0.2) is 32.4 Å². The number of rotatable bonds is 2. The van der Waals surface area contributed by atoms with Gasteiger partial charge in [-0.25, -0.2) is 9.31 Å². The first-order chi connectivity index (χ1) is 6.72. The molecule has 0 atom stereocenters. The van der Waals surface area contributed by atoms with Gasteiger partial charge in [-0.15, -0.1) is 10.2 Å². The molecule has 6 heteroatoms. The van der Waals surface area contributed by atoms with Crippen LogP contribution in [0, 0.1) is 6.92 Å². The van der Waals surface area contributed by atoms with Crippen LogP contribution in [0.2, 0.25) is 0 Å². The fourth-order valence-electron chi connectivity index (χ4n) is 1.23. The minimum atomic E-state index is -0.471. The molecule has 0 aliphatic heterocycles. The molecular weight excluding hydrogens is 184 g/mol. The first kappa shape index (κ1) is 8.74. The summed E-state index contributed by atoms with van der Waals surface area (Å²) in [5.74, 6) is -0.295. The van der Waals surface area contributed by atoms with E-state index in [4.69, 9.17) is 4.74 Å². The summed E-state index contributed by atoms with van der Waals surface area (Å²) in [4.78, 5) is 11.4. The summed E-state index contributed by atoms with van der Waals surface area (Å²) in [6, 6.07) is 1.80. The topological polar surface area (TPSA) is 72.3 Å². The minimum absolute atomic E-state index is 0.176. The van der Waals surface area contributed by atoms with Gasteiger partial charge >= 0.3 is 5.97 Å². The van der Waals surface area contributed by atoms with E-state index in [-0.39, 0.29) is 5.82 Å². The standard InChI is InChI=1S/C8H10N4O2/c1-3-14-8(13)7-10-9-6-4-5(2)11-12(6)7/h4,11H,3H2,1-2H3. The third kappa shape index (κ3) is 1.24. The molecule has 0 radical (unpaired) electrons. The molecule has 0 spiro atoms. The van der Waals surface area contributed by atoms with Crippen molar-refractivity contribution in [1.29, 1.82) is 0 Å². The fourth-order valence-corrected chi connectivity index (χ4v) is 1.23. The number of nitrogens with zero attached hydrogens (tertiary/aromatic N) is 3. The van der Waals surface area contributed by atoms with Gasteiger partial charge in [-0.3, -0.25) is 5.10 Å². The maximum Gasteiger partial charge on any atom is 0.378 e. The Bertz CT molecular complexity index is 471. The average Bonchev–Trinajstić information content (AvgIpc) is 2.62. The van der Waals surface area contributed by atoms with Crippen LogP contribution in [0.4, 0.5) is 0 Å². The molecule has 0 aliphatic rings. The molecule has 0 saturated carbocycles. The highest BCUT2D eigenvalue weighted by Gasteiger charge is 2.16. The van der Waals surface area contributed by atoms with E-state index < -0.39 is 5.97 Å². The van der Waals surface area contributed by atoms with E-state index in [2.05, 4.69) is 15.3 Å². The number of ether oxygens (including phenoxy) is 1. The second kappa shape index (κ2) is 3.13. The summed E-state index contributed by atoms with van der Waals surface area (Å²) in [5, 5.41) is 10.5. The van der Waals surface area contributed by atoms with Gasteiger partial charge in [0.1, 0.15) is 0 Å². The van der Waals surface area contributed by atoms with Crippen molar-refractivity contribution in [3.63, 3.8) is 0 Å². The smallest absolute Gasteiger partial charge is 0.378 e. The van der Waals surface area contributed by atoms with Crippen molar-refractivity contribution in [2.45, 2.75) is 13.8 Å². The molecular formula is C8H10N4O2. The van der Waals surface area contributed by atoms with Gasteiger partial charge in [0.05, 0.1) is 6.61 Å². The fraction of sp³-hybridized carbons (Fsp3) is 0.375. The molecule has 1 N–H and O–H groups in total. The lowest BCUT2D eigenvalue weighted by Crippen LogP contribution is -2.10. The summed E-state index contributed by atoms with van der Waals surface area (Å²) < 4.78 is 6.33. The van der Waals surface area contributed by atoms with Crippen molar-refractivity contribution in [2.75, 3.05) is 6.61 Å². The molecule has 0 bridgehead atoms. The minimum Gasteiger partial charge on any atom is -0.460 e. The highest BCUT2D eigenvalue weighted by atomic mass is 16.5. The molecule has 6 nitrogen and oxygen atoms in total. The number of nitrogens with one attached hydrogen (secondary N) is 1. The third-order valence-corrected chi connectivity index (χ3v) is 1.78. The molecule has 2 rings (SSSR count). The monoisotopic (exact) mass is 194 g/mol. The SMILES string of the molecule is CCOC(=O)c1nnc2cc(C)[nH]n12. The van der Waals surface area contributed by atoms with Crippen molar-refractivity contribution in [1.82, 2.24) is 19.8 Å². The van der Waals surface area contributed by atoms with E-state index in [0.717, 1.165) is 5.69 Å². The van der Waals surface area contributed by atoms with Crippen LogP contribution in [0.1, 0.15) is 23.2 Å². The summed E-state index contributed by atoms with van der Waals surface area (Å²) in [5.41, 5.74) is 1.53. The summed E-state index contributed by atoms with van der Waals surface area (Å²) >= 11 is 0. The van der Waals surface area contributed by atoms with Crippen molar-refractivity contribution >= 4 is 11.6 Å². The molecule has 0 aromatic carbocycles. The number of fused-ring (bicyclic) bond motifs is 1. The maximum absolute atomic E-state index is 11.4. The van der Waals surface area contributed by atoms with Gasteiger partial charge in [-0.2, -0.15) is 0 Å². The Hall–Kier alpha value is -1.85. The Morgan fingerprint density at radius 3 is 3.14 bits per heavy atom. The van der Waals surface area contributed by atoms with Crippen LogP contribution < -0.4 is 0 Å². The van der Waals surface area contributed by atoms with Crippen LogP contribution in [0.15, 0.2) is 6.07 Å². The largest absolute Gasteiger partial charge is 0.460 e. The summed E-state index contributed by atoms with van der Waals surface area (Å²) in [7, 11) is 0. The lowest BCUT2D eigenvalue weighted by Gasteiger charge is -1.97. The lowest BCUT2D eigenvalue weighted by molar-refractivity contribution is 0.0509. The average molecular weight is 194 g/mol. The third-order valence-electron chi connectivity index (χ3n) is 1.78. The van der Waals surface area contributed by atoms with Gasteiger partial charge in [-0.05, 0) is 13.8 Å². The van der Waals surface area contributed by atoms with Crippen molar-refractivity contribution in [3.05, 3.63) is 17.6 Å². The number of esters is 1. The molecule has 0 unspecified atom stereocenters. The van der Waals surface area contributed by atoms with E-state index in [9.17, 15) is 4.79 Å². The van der Waals surface area contributed by atoms with E-state index in [1.54, 1.807) is 13.0 Å². The van der Waals surface area contributed by atoms with Gasteiger partial charge in [0, 0.05) is 11.8 Å². The highest BCUT2D eigenvalue weighted by Crippen LogP contribution is 2.05. The number of hydrogen-bond donors (Lipinski definition) is 1. The highest BCUT2D eigenvalue weighted by molar-refractivity contribution is 5.86. The Morgan fingerprint density at radius 2 is 2.43 bits per heavy atom. The molecule has 2 aromatic heterocycles. The summed E-state index contributed by atoms with van der Waals surface area (Å²) in [6.45, 7) is 3.95. The molecule has 0 aliphatic carbocycles. The molecule has 0 amide bonds. The first-order valence-electron chi connectivity index (χ1n) is 4.30.